The molecule has 1 heterocycles. The van der Waals surface area contributed by atoms with Crippen molar-refractivity contribution in [2.75, 3.05) is 13.2 Å². The van der Waals surface area contributed by atoms with E-state index in [4.69, 9.17) is 9.15 Å². The maximum Gasteiger partial charge on any atom is 0.133 e. The number of benzene rings is 1. The van der Waals surface area contributed by atoms with Gasteiger partial charge in [-0.05, 0) is 36.8 Å². The van der Waals surface area contributed by atoms with Crippen molar-refractivity contribution in [1.29, 1.82) is 0 Å². The van der Waals surface area contributed by atoms with Crippen LogP contribution in [0.2, 0.25) is 0 Å². The third-order valence-electron chi connectivity index (χ3n) is 2.75. The molecule has 1 unspecified atom stereocenters. The second kappa shape index (κ2) is 6.97. The van der Waals surface area contributed by atoms with Crippen LogP contribution in [0.15, 0.2) is 47.1 Å². The number of aliphatic hydroxyl groups excluding tert-OH is 1. The minimum atomic E-state index is -0.620. The summed E-state index contributed by atoms with van der Waals surface area (Å²) in [7, 11) is 0. The number of nitrogens with one attached hydrogen (secondary N) is 1. The smallest absolute Gasteiger partial charge is 0.133 e. The van der Waals surface area contributed by atoms with Gasteiger partial charge in [-0.15, -0.1) is 0 Å². The van der Waals surface area contributed by atoms with E-state index in [-0.39, 0.29) is 0 Å². The average molecular weight is 261 g/mol. The van der Waals surface area contributed by atoms with Crippen LogP contribution in [0.3, 0.4) is 0 Å². The zero-order valence-electron chi connectivity index (χ0n) is 11.0. The van der Waals surface area contributed by atoms with Gasteiger partial charge < -0.3 is 19.6 Å². The van der Waals surface area contributed by atoms with Crippen molar-refractivity contribution in [1.82, 2.24) is 5.32 Å². The van der Waals surface area contributed by atoms with Crippen LogP contribution in [0, 0.1) is 0 Å². The first-order chi connectivity index (χ1) is 9.29. The van der Waals surface area contributed by atoms with E-state index in [0.717, 1.165) is 11.3 Å². The third kappa shape index (κ3) is 4.12. The first kappa shape index (κ1) is 13.6. The lowest BCUT2D eigenvalue weighted by Crippen LogP contribution is -2.20. The summed E-state index contributed by atoms with van der Waals surface area (Å²) >= 11 is 0. The molecule has 1 atom stereocenters. The normalized spacial score (nSPS) is 12.3. The fourth-order valence-corrected chi connectivity index (χ4v) is 1.85. The number of furan rings is 1. The Kier molecular flexibility index (Phi) is 5.01. The summed E-state index contributed by atoms with van der Waals surface area (Å²) in [5.74, 6) is 1.45. The van der Waals surface area contributed by atoms with Gasteiger partial charge in [0.1, 0.15) is 17.6 Å². The Balaban J connectivity index is 1.80. The Bertz CT molecular complexity index is 482. The van der Waals surface area contributed by atoms with Crippen LogP contribution < -0.4 is 10.1 Å². The van der Waals surface area contributed by atoms with Gasteiger partial charge >= 0.3 is 0 Å². The molecule has 2 N–H and O–H groups in total. The Hall–Kier alpha value is -1.78. The van der Waals surface area contributed by atoms with E-state index in [0.29, 0.717) is 25.5 Å². The van der Waals surface area contributed by atoms with E-state index in [1.54, 1.807) is 18.4 Å². The molecule has 0 spiro atoms. The highest BCUT2D eigenvalue weighted by Crippen LogP contribution is 2.14. The number of hydrogen-bond donors (Lipinski definition) is 2. The molecule has 102 valence electrons. The van der Waals surface area contributed by atoms with E-state index >= 15 is 0 Å². The number of hydrogen-bond acceptors (Lipinski definition) is 4. The third-order valence-corrected chi connectivity index (χ3v) is 2.75. The Morgan fingerprint density at radius 2 is 2.21 bits per heavy atom. The quantitative estimate of drug-likeness (QED) is 0.804. The fraction of sp³-hybridized carbons (Fsp3) is 0.333. The fourth-order valence-electron chi connectivity index (χ4n) is 1.85. The standard InChI is InChI=1S/C15H19NO3/c1-2-18-13-6-3-5-12(9-13)10-16-11-14(17)15-7-4-8-19-15/h3-9,14,16-17H,2,10-11H2,1H3. The van der Waals surface area contributed by atoms with E-state index in [1.165, 1.54) is 0 Å². The van der Waals surface area contributed by atoms with Crippen LogP contribution in [-0.4, -0.2) is 18.3 Å². The van der Waals surface area contributed by atoms with Crippen LogP contribution >= 0.6 is 0 Å². The SMILES string of the molecule is CCOc1cccc(CNCC(O)c2ccco2)c1. The van der Waals surface area contributed by atoms with Crippen molar-refractivity contribution in [3.63, 3.8) is 0 Å². The van der Waals surface area contributed by atoms with E-state index < -0.39 is 6.10 Å². The van der Waals surface area contributed by atoms with Crippen LogP contribution in [0.5, 0.6) is 5.75 Å². The first-order valence-electron chi connectivity index (χ1n) is 6.43. The molecule has 0 saturated carbocycles. The summed E-state index contributed by atoms with van der Waals surface area (Å²) in [5.41, 5.74) is 1.12. The van der Waals surface area contributed by atoms with Crippen LogP contribution in [0.25, 0.3) is 0 Å². The molecule has 0 bridgehead atoms. The van der Waals surface area contributed by atoms with Crippen molar-refractivity contribution < 1.29 is 14.3 Å². The second-order valence-corrected chi connectivity index (χ2v) is 4.24. The van der Waals surface area contributed by atoms with Crippen molar-refractivity contribution in [2.24, 2.45) is 0 Å². The molecule has 2 aromatic rings. The largest absolute Gasteiger partial charge is 0.494 e. The van der Waals surface area contributed by atoms with Gasteiger partial charge in [0, 0.05) is 13.1 Å². The lowest BCUT2D eigenvalue weighted by atomic mass is 10.2. The Morgan fingerprint density at radius 1 is 1.32 bits per heavy atom. The maximum atomic E-state index is 9.85. The molecular weight excluding hydrogens is 242 g/mol. The lowest BCUT2D eigenvalue weighted by molar-refractivity contribution is 0.147. The monoisotopic (exact) mass is 261 g/mol. The van der Waals surface area contributed by atoms with Crippen LogP contribution in [-0.2, 0) is 6.54 Å². The first-order valence-corrected chi connectivity index (χ1v) is 6.43. The molecule has 0 amide bonds. The summed E-state index contributed by atoms with van der Waals surface area (Å²) in [6.45, 7) is 3.75. The number of ether oxygens (including phenoxy) is 1. The molecule has 4 nitrogen and oxygen atoms in total. The average Bonchev–Trinajstić information content (AvgIpc) is 2.93. The van der Waals surface area contributed by atoms with Crippen molar-refractivity contribution >= 4 is 0 Å². The summed E-state index contributed by atoms with van der Waals surface area (Å²) < 4.78 is 10.6. The zero-order chi connectivity index (χ0) is 13.5. The van der Waals surface area contributed by atoms with Gasteiger partial charge in [-0.25, -0.2) is 0 Å². The van der Waals surface area contributed by atoms with E-state index in [2.05, 4.69) is 5.32 Å². The van der Waals surface area contributed by atoms with Crippen LogP contribution in [0.4, 0.5) is 0 Å². The lowest BCUT2D eigenvalue weighted by Gasteiger charge is -2.10. The van der Waals surface area contributed by atoms with Gasteiger partial charge in [-0.1, -0.05) is 12.1 Å². The minimum Gasteiger partial charge on any atom is -0.494 e. The van der Waals surface area contributed by atoms with E-state index in [9.17, 15) is 5.11 Å². The van der Waals surface area contributed by atoms with E-state index in [1.807, 2.05) is 31.2 Å². The molecule has 0 aliphatic carbocycles. The summed E-state index contributed by atoms with van der Waals surface area (Å²) in [6.07, 6.45) is 0.939. The number of rotatable bonds is 7. The maximum absolute atomic E-state index is 9.85. The number of aliphatic hydroxyl groups is 1. The molecule has 0 aliphatic heterocycles. The van der Waals surface area contributed by atoms with Gasteiger partial charge in [0.05, 0.1) is 12.9 Å². The van der Waals surface area contributed by atoms with Gasteiger partial charge in [-0.2, -0.15) is 0 Å². The summed E-state index contributed by atoms with van der Waals surface area (Å²) in [6, 6.07) is 11.5. The molecular formula is C15H19NO3. The molecule has 0 fully saturated rings. The van der Waals surface area contributed by atoms with Gasteiger partial charge in [0.25, 0.3) is 0 Å². The summed E-state index contributed by atoms with van der Waals surface area (Å²) in [5, 5.41) is 13.0. The molecule has 0 saturated heterocycles. The molecule has 4 heteroatoms. The molecule has 0 aliphatic rings. The molecule has 2 rings (SSSR count). The zero-order valence-corrected chi connectivity index (χ0v) is 11.0. The highest BCUT2D eigenvalue weighted by Gasteiger charge is 2.09. The highest BCUT2D eigenvalue weighted by molar-refractivity contribution is 5.28. The molecule has 19 heavy (non-hydrogen) atoms. The highest BCUT2D eigenvalue weighted by atomic mass is 16.5. The Labute approximate surface area is 113 Å². The molecule has 0 radical (unpaired) electrons. The van der Waals surface area contributed by atoms with Gasteiger partial charge in [-0.3, -0.25) is 0 Å². The van der Waals surface area contributed by atoms with Gasteiger partial charge in [0.2, 0.25) is 0 Å². The topological polar surface area (TPSA) is 54.6 Å². The Morgan fingerprint density at radius 3 is 2.95 bits per heavy atom. The van der Waals surface area contributed by atoms with Crippen molar-refractivity contribution in [3.05, 3.63) is 54.0 Å². The predicted molar refractivity (Wildman–Crippen MR) is 73.0 cm³/mol. The predicted octanol–water partition coefficient (Wildman–Crippen LogP) is 2.50. The second-order valence-electron chi connectivity index (χ2n) is 4.24. The van der Waals surface area contributed by atoms with Gasteiger partial charge in [0.15, 0.2) is 0 Å². The molecule has 1 aromatic heterocycles. The summed E-state index contributed by atoms with van der Waals surface area (Å²) in [4.78, 5) is 0. The van der Waals surface area contributed by atoms with Crippen molar-refractivity contribution in [3.8, 4) is 5.75 Å². The minimum absolute atomic E-state index is 0.451. The van der Waals surface area contributed by atoms with Crippen molar-refractivity contribution in [2.45, 2.75) is 19.6 Å². The molecule has 1 aromatic carbocycles. The van der Waals surface area contributed by atoms with Crippen LogP contribution in [0.1, 0.15) is 24.4 Å².